The number of nitrogens with zero attached hydrogens (tertiary/aromatic N) is 3. The second-order valence-electron chi connectivity index (χ2n) is 4.66. The molecule has 0 amide bonds. The second-order valence-corrected chi connectivity index (χ2v) is 5.04. The quantitative estimate of drug-likeness (QED) is 0.749. The van der Waals surface area contributed by atoms with Gasteiger partial charge in [-0.1, -0.05) is 25.4 Å². The highest BCUT2D eigenvalue weighted by Gasteiger charge is 2.33. The lowest BCUT2D eigenvalue weighted by Gasteiger charge is -2.45. The fourth-order valence-corrected chi connectivity index (χ4v) is 2.03. The van der Waals surface area contributed by atoms with Crippen molar-refractivity contribution in [1.29, 1.82) is 0 Å². The molecule has 1 saturated heterocycles. The molecule has 0 aliphatic carbocycles. The highest BCUT2D eigenvalue weighted by atomic mass is 35.5. The van der Waals surface area contributed by atoms with Gasteiger partial charge in [-0.25, -0.2) is 0 Å². The van der Waals surface area contributed by atoms with Crippen LogP contribution in [0.1, 0.15) is 19.5 Å². The van der Waals surface area contributed by atoms with E-state index in [1.165, 1.54) is 0 Å². The van der Waals surface area contributed by atoms with Gasteiger partial charge in [0.2, 0.25) is 0 Å². The van der Waals surface area contributed by atoms with E-state index in [4.69, 9.17) is 11.6 Å². The summed E-state index contributed by atoms with van der Waals surface area (Å²) in [5.41, 5.74) is 1.46. The van der Waals surface area contributed by atoms with E-state index < -0.39 is 0 Å². The van der Waals surface area contributed by atoms with Gasteiger partial charge in [0.1, 0.15) is 0 Å². The Balaban J connectivity index is 1.90. The predicted octanol–water partition coefficient (Wildman–Crippen LogP) is 1.97. The first-order chi connectivity index (χ1) is 6.55. The van der Waals surface area contributed by atoms with Crippen molar-refractivity contribution in [3.63, 3.8) is 0 Å². The van der Waals surface area contributed by atoms with E-state index in [2.05, 4.69) is 28.9 Å². The smallest absolute Gasteiger partial charge is 0.151 e. The van der Waals surface area contributed by atoms with Crippen molar-refractivity contribution >= 4 is 11.6 Å². The lowest BCUT2D eigenvalue weighted by molar-refractivity contribution is 0.0230. The van der Waals surface area contributed by atoms with Crippen LogP contribution in [0.5, 0.6) is 0 Å². The molecule has 1 aliphatic rings. The summed E-state index contributed by atoms with van der Waals surface area (Å²) in [7, 11) is 0. The SMILES string of the molecule is CC1(C)CN(Cc2ccc(Cl)nn2)C1. The number of rotatable bonds is 2. The van der Waals surface area contributed by atoms with E-state index in [-0.39, 0.29) is 0 Å². The molecule has 0 aromatic carbocycles. The lowest BCUT2D eigenvalue weighted by Crippen LogP contribution is -2.52. The van der Waals surface area contributed by atoms with Gasteiger partial charge >= 0.3 is 0 Å². The Bertz CT molecular complexity index is 313. The molecule has 0 unspecified atom stereocenters. The number of likely N-dealkylation sites (tertiary alicyclic amines) is 1. The summed E-state index contributed by atoms with van der Waals surface area (Å²) in [6.07, 6.45) is 0. The number of aromatic nitrogens is 2. The zero-order valence-corrected chi connectivity index (χ0v) is 9.25. The van der Waals surface area contributed by atoms with Crippen molar-refractivity contribution in [2.24, 2.45) is 5.41 Å². The topological polar surface area (TPSA) is 29.0 Å². The maximum Gasteiger partial charge on any atom is 0.151 e. The summed E-state index contributed by atoms with van der Waals surface area (Å²) in [5.74, 6) is 0. The van der Waals surface area contributed by atoms with E-state index in [1.807, 2.05) is 6.07 Å². The van der Waals surface area contributed by atoms with Gasteiger partial charge in [0.15, 0.2) is 5.15 Å². The summed E-state index contributed by atoms with van der Waals surface area (Å²) in [6, 6.07) is 3.72. The number of hydrogen-bond donors (Lipinski definition) is 0. The van der Waals surface area contributed by atoms with Crippen LogP contribution >= 0.6 is 11.6 Å². The van der Waals surface area contributed by atoms with Crippen LogP contribution in [0.25, 0.3) is 0 Å². The van der Waals surface area contributed by atoms with E-state index in [0.29, 0.717) is 10.6 Å². The molecule has 0 bridgehead atoms. The van der Waals surface area contributed by atoms with Crippen molar-refractivity contribution in [3.05, 3.63) is 23.0 Å². The maximum absolute atomic E-state index is 5.65. The van der Waals surface area contributed by atoms with Gasteiger partial charge in [-0.2, -0.15) is 5.10 Å². The largest absolute Gasteiger partial charge is 0.296 e. The van der Waals surface area contributed by atoms with Gasteiger partial charge in [0.05, 0.1) is 5.69 Å². The first kappa shape index (κ1) is 9.87. The van der Waals surface area contributed by atoms with Crippen molar-refractivity contribution in [2.75, 3.05) is 13.1 Å². The fourth-order valence-electron chi connectivity index (χ4n) is 1.93. The van der Waals surface area contributed by atoms with Gasteiger partial charge in [-0.05, 0) is 17.5 Å². The first-order valence-electron chi connectivity index (χ1n) is 4.76. The Morgan fingerprint density at radius 2 is 2.07 bits per heavy atom. The zero-order valence-electron chi connectivity index (χ0n) is 8.50. The van der Waals surface area contributed by atoms with Gasteiger partial charge < -0.3 is 0 Å². The summed E-state index contributed by atoms with van der Waals surface area (Å²) in [5, 5.41) is 8.30. The Kier molecular flexibility index (Phi) is 2.45. The molecule has 1 aromatic heterocycles. The molecule has 1 aliphatic heterocycles. The van der Waals surface area contributed by atoms with E-state index in [1.54, 1.807) is 6.07 Å². The van der Waals surface area contributed by atoms with E-state index in [0.717, 1.165) is 25.3 Å². The molecule has 1 aromatic rings. The van der Waals surface area contributed by atoms with Gasteiger partial charge in [0.25, 0.3) is 0 Å². The van der Waals surface area contributed by atoms with Crippen LogP contribution in [0, 0.1) is 5.41 Å². The van der Waals surface area contributed by atoms with Gasteiger partial charge in [0, 0.05) is 19.6 Å². The first-order valence-corrected chi connectivity index (χ1v) is 5.13. The monoisotopic (exact) mass is 211 g/mol. The molecular weight excluding hydrogens is 198 g/mol. The third-order valence-corrected chi connectivity index (χ3v) is 2.58. The van der Waals surface area contributed by atoms with Crippen LogP contribution in [0.4, 0.5) is 0 Å². The van der Waals surface area contributed by atoms with Crippen molar-refractivity contribution in [3.8, 4) is 0 Å². The van der Waals surface area contributed by atoms with Crippen molar-refractivity contribution in [2.45, 2.75) is 20.4 Å². The molecule has 0 atom stereocenters. The van der Waals surface area contributed by atoms with Crippen LogP contribution in [-0.2, 0) is 6.54 Å². The Labute approximate surface area is 89.1 Å². The summed E-state index contributed by atoms with van der Waals surface area (Å²) < 4.78 is 0. The molecule has 76 valence electrons. The van der Waals surface area contributed by atoms with Crippen LogP contribution in [0.3, 0.4) is 0 Å². The Morgan fingerprint density at radius 1 is 1.36 bits per heavy atom. The standard InChI is InChI=1S/C10H14ClN3/c1-10(2)6-14(7-10)5-8-3-4-9(11)13-12-8/h3-4H,5-7H2,1-2H3. The van der Waals surface area contributed by atoms with Crippen molar-refractivity contribution < 1.29 is 0 Å². The molecule has 14 heavy (non-hydrogen) atoms. The highest BCUT2D eigenvalue weighted by molar-refractivity contribution is 6.29. The molecule has 3 nitrogen and oxygen atoms in total. The normalized spacial score (nSPS) is 20.5. The lowest BCUT2D eigenvalue weighted by atomic mass is 9.84. The van der Waals surface area contributed by atoms with E-state index >= 15 is 0 Å². The molecule has 0 N–H and O–H groups in total. The molecule has 2 rings (SSSR count). The highest BCUT2D eigenvalue weighted by Crippen LogP contribution is 2.29. The Hall–Kier alpha value is -0.670. The molecule has 0 spiro atoms. The van der Waals surface area contributed by atoms with Gasteiger partial charge in [-0.15, -0.1) is 5.10 Å². The average molecular weight is 212 g/mol. The molecule has 0 saturated carbocycles. The Morgan fingerprint density at radius 3 is 2.57 bits per heavy atom. The average Bonchev–Trinajstić information content (AvgIpc) is 2.06. The van der Waals surface area contributed by atoms with E-state index in [9.17, 15) is 0 Å². The van der Waals surface area contributed by atoms with Crippen molar-refractivity contribution in [1.82, 2.24) is 15.1 Å². The predicted molar refractivity (Wildman–Crippen MR) is 56.1 cm³/mol. The summed E-state index contributed by atoms with van der Waals surface area (Å²) >= 11 is 5.65. The molecule has 4 heteroatoms. The molecular formula is C10H14ClN3. The van der Waals surface area contributed by atoms with Crippen LogP contribution in [0.2, 0.25) is 5.15 Å². The zero-order chi connectivity index (χ0) is 10.2. The van der Waals surface area contributed by atoms with Crippen LogP contribution < -0.4 is 0 Å². The second kappa shape index (κ2) is 3.48. The summed E-state index contributed by atoms with van der Waals surface area (Å²) in [4.78, 5) is 2.36. The minimum atomic E-state index is 0.456. The maximum atomic E-state index is 5.65. The summed E-state index contributed by atoms with van der Waals surface area (Å²) in [6.45, 7) is 7.70. The van der Waals surface area contributed by atoms with Crippen LogP contribution in [0.15, 0.2) is 12.1 Å². The molecule has 1 fully saturated rings. The third kappa shape index (κ3) is 2.22. The molecule has 0 radical (unpaired) electrons. The fraction of sp³-hybridized carbons (Fsp3) is 0.600. The minimum absolute atomic E-state index is 0.456. The third-order valence-electron chi connectivity index (χ3n) is 2.38. The minimum Gasteiger partial charge on any atom is -0.296 e. The van der Waals surface area contributed by atoms with Crippen LogP contribution in [-0.4, -0.2) is 28.2 Å². The number of halogens is 1. The molecule has 2 heterocycles. The number of hydrogen-bond acceptors (Lipinski definition) is 3. The van der Waals surface area contributed by atoms with Gasteiger partial charge in [-0.3, -0.25) is 4.90 Å².